The van der Waals surface area contributed by atoms with E-state index in [-0.39, 0.29) is 6.04 Å². The van der Waals surface area contributed by atoms with Crippen LogP contribution in [0.1, 0.15) is 18.9 Å². The molecule has 2 nitrogen and oxygen atoms in total. The molecule has 0 heterocycles. The molecule has 0 saturated carbocycles. The van der Waals surface area contributed by atoms with Gasteiger partial charge in [-0.2, -0.15) is 0 Å². The van der Waals surface area contributed by atoms with Crippen LogP contribution in [0.15, 0.2) is 34.3 Å². The summed E-state index contributed by atoms with van der Waals surface area (Å²) in [6, 6.07) is 6.01. The van der Waals surface area contributed by atoms with Gasteiger partial charge in [-0.15, -0.1) is 0 Å². The van der Waals surface area contributed by atoms with Crippen molar-refractivity contribution in [2.24, 2.45) is 5.73 Å². The maximum Gasteiger partial charge on any atom is 0.123 e. The van der Waals surface area contributed by atoms with Crippen molar-refractivity contribution in [3.63, 3.8) is 0 Å². The zero-order valence-electron chi connectivity index (χ0n) is 9.88. The molecule has 1 atom stereocenters. The minimum atomic E-state index is 0.171. The normalized spacial score (nSPS) is 12.2. The number of halogens is 2. The first kappa shape index (κ1) is 14.6. The molecule has 1 unspecified atom stereocenters. The zero-order valence-corrected chi connectivity index (χ0v) is 12.2. The number of nitrogens with two attached hydrogens (primary N) is 1. The van der Waals surface area contributed by atoms with E-state index in [9.17, 15) is 0 Å². The van der Waals surface area contributed by atoms with E-state index in [0.717, 1.165) is 28.6 Å². The van der Waals surface area contributed by atoms with Gasteiger partial charge in [0.05, 0.1) is 0 Å². The van der Waals surface area contributed by atoms with Gasteiger partial charge in [0.15, 0.2) is 0 Å². The molecule has 0 amide bonds. The van der Waals surface area contributed by atoms with Gasteiger partial charge in [0.2, 0.25) is 0 Å². The molecule has 0 bridgehead atoms. The largest absolute Gasteiger partial charge is 0.488 e. The minimum absolute atomic E-state index is 0.171. The Balaban J connectivity index is 2.75. The van der Waals surface area contributed by atoms with Crippen molar-refractivity contribution in [3.8, 4) is 5.75 Å². The van der Waals surface area contributed by atoms with E-state index < -0.39 is 0 Å². The SMILES string of the molecule is C=C(Cl)COc1ccc(Br)c(CC(N)CC)c1. The smallest absolute Gasteiger partial charge is 0.123 e. The molecule has 0 fully saturated rings. The topological polar surface area (TPSA) is 35.2 Å². The summed E-state index contributed by atoms with van der Waals surface area (Å²) in [6.45, 7) is 5.98. The van der Waals surface area contributed by atoms with Crippen molar-refractivity contribution in [1.82, 2.24) is 0 Å². The summed E-state index contributed by atoms with van der Waals surface area (Å²) in [7, 11) is 0. The molecule has 1 aromatic carbocycles. The molecule has 4 heteroatoms. The zero-order chi connectivity index (χ0) is 12.8. The molecule has 0 aromatic heterocycles. The van der Waals surface area contributed by atoms with Crippen LogP contribution in [0.3, 0.4) is 0 Å². The predicted octanol–water partition coefficient (Wildman–Crippen LogP) is 3.86. The van der Waals surface area contributed by atoms with E-state index in [0.29, 0.717) is 11.6 Å². The number of rotatable bonds is 6. The average Bonchev–Trinajstić information content (AvgIpc) is 2.29. The second-order valence-corrected chi connectivity index (χ2v) is 5.32. The second kappa shape index (κ2) is 7.04. The van der Waals surface area contributed by atoms with Crippen LogP contribution in [-0.4, -0.2) is 12.6 Å². The first-order valence-corrected chi connectivity index (χ1v) is 6.70. The highest BCUT2D eigenvalue weighted by Gasteiger charge is 2.07. The average molecular weight is 319 g/mol. The van der Waals surface area contributed by atoms with Gasteiger partial charge in [0.25, 0.3) is 0 Å². The Kier molecular flexibility index (Phi) is 6.03. The first-order valence-electron chi connectivity index (χ1n) is 5.53. The van der Waals surface area contributed by atoms with Crippen molar-refractivity contribution in [2.75, 3.05) is 6.61 Å². The quantitative estimate of drug-likeness (QED) is 0.864. The fraction of sp³-hybridized carbons (Fsp3) is 0.385. The second-order valence-electron chi connectivity index (χ2n) is 3.93. The van der Waals surface area contributed by atoms with Crippen LogP contribution in [0.2, 0.25) is 0 Å². The lowest BCUT2D eigenvalue weighted by Crippen LogP contribution is -2.21. The molecule has 94 valence electrons. The molecule has 0 aliphatic heterocycles. The number of hydrogen-bond donors (Lipinski definition) is 1. The molecule has 0 saturated heterocycles. The van der Waals surface area contributed by atoms with Crippen LogP contribution >= 0.6 is 27.5 Å². The summed E-state index contributed by atoms with van der Waals surface area (Å²) in [6.07, 6.45) is 1.78. The summed E-state index contributed by atoms with van der Waals surface area (Å²) >= 11 is 9.17. The number of ether oxygens (including phenoxy) is 1. The van der Waals surface area contributed by atoms with Crippen molar-refractivity contribution in [3.05, 3.63) is 39.8 Å². The van der Waals surface area contributed by atoms with Gasteiger partial charge in [-0.1, -0.05) is 41.0 Å². The lowest BCUT2D eigenvalue weighted by atomic mass is 10.0. The van der Waals surface area contributed by atoms with Crippen LogP contribution in [0.25, 0.3) is 0 Å². The summed E-state index contributed by atoms with van der Waals surface area (Å²) in [5, 5.41) is 0.486. The monoisotopic (exact) mass is 317 g/mol. The Morgan fingerprint density at radius 2 is 2.29 bits per heavy atom. The lowest BCUT2D eigenvalue weighted by molar-refractivity contribution is 0.359. The Hall–Kier alpha value is -0.510. The molecule has 2 N–H and O–H groups in total. The van der Waals surface area contributed by atoms with Gasteiger partial charge in [0.1, 0.15) is 12.4 Å². The fourth-order valence-electron chi connectivity index (χ4n) is 1.39. The van der Waals surface area contributed by atoms with Crippen molar-refractivity contribution in [2.45, 2.75) is 25.8 Å². The molecular formula is C13H17BrClNO. The molecule has 1 aromatic rings. The van der Waals surface area contributed by atoms with E-state index >= 15 is 0 Å². The Morgan fingerprint density at radius 1 is 1.59 bits per heavy atom. The molecule has 0 radical (unpaired) electrons. The Bertz CT molecular complexity index is 395. The highest BCUT2D eigenvalue weighted by atomic mass is 79.9. The third-order valence-corrected chi connectivity index (χ3v) is 3.30. The van der Waals surface area contributed by atoms with Crippen LogP contribution in [0, 0.1) is 0 Å². The van der Waals surface area contributed by atoms with E-state index in [4.69, 9.17) is 22.1 Å². The number of benzene rings is 1. The standard InChI is InChI=1S/C13H17BrClNO/c1-3-11(16)6-10-7-12(4-5-13(10)14)17-8-9(2)15/h4-5,7,11H,2-3,6,8,16H2,1H3. The number of hydrogen-bond acceptors (Lipinski definition) is 2. The van der Waals surface area contributed by atoms with E-state index in [1.807, 2.05) is 18.2 Å². The van der Waals surface area contributed by atoms with Gasteiger partial charge in [-0.25, -0.2) is 0 Å². The van der Waals surface area contributed by atoms with Gasteiger partial charge >= 0.3 is 0 Å². The lowest BCUT2D eigenvalue weighted by Gasteiger charge is -2.12. The summed E-state index contributed by atoms with van der Waals surface area (Å²) < 4.78 is 6.54. The minimum Gasteiger partial charge on any atom is -0.488 e. The van der Waals surface area contributed by atoms with Gasteiger partial charge in [-0.05, 0) is 36.6 Å². The molecule has 17 heavy (non-hydrogen) atoms. The Morgan fingerprint density at radius 3 is 2.88 bits per heavy atom. The third kappa shape index (κ3) is 5.11. The van der Waals surface area contributed by atoms with Crippen molar-refractivity contribution >= 4 is 27.5 Å². The van der Waals surface area contributed by atoms with Crippen molar-refractivity contribution in [1.29, 1.82) is 0 Å². The summed E-state index contributed by atoms with van der Waals surface area (Å²) in [5.41, 5.74) is 7.10. The van der Waals surface area contributed by atoms with Crippen molar-refractivity contribution < 1.29 is 4.74 Å². The van der Waals surface area contributed by atoms with Crippen LogP contribution < -0.4 is 10.5 Å². The molecular weight excluding hydrogens is 302 g/mol. The molecule has 1 rings (SSSR count). The predicted molar refractivity (Wildman–Crippen MR) is 76.6 cm³/mol. The van der Waals surface area contributed by atoms with Gasteiger partial charge < -0.3 is 10.5 Å². The first-order chi connectivity index (χ1) is 8.02. The maximum absolute atomic E-state index is 5.95. The van der Waals surface area contributed by atoms with Crippen LogP contribution in [-0.2, 0) is 6.42 Å². The van der Waals surface area contributed by atoms with Gasteiger partial charge in [0, 0.05) is 15.5 Å². The Labute approximate surface area is 116 Å². The van der Waals surface area contributed by atoms with E-state index in [1.165, 1.54) is 0 Å². The fourth-order valence-corrected chi connectivity index (χ4v) is 1.85. The molecule has 0 aliphatic carbocycles. The van der Waals surface area contributed by atoms with E-state index in [1.54, 1.807) is 0 Å². The third-order valence-electron chi connectivity index (χ3n) is 2.42. The van der Waals surface area contributed by atoms with E-state index in [2.05, 4.69) is 29.4 Å². The van der Waals surface area contributed by atoms with Crippen LogP contribution in [0.4, 0.5) is 0 Å². The summed E-state index contributed by atoms with van der Waals surface area (Å²) in [4.78, 5) is 0. The van der Waals surface area contributed by atoms with Gasteiger partial charge in [-0.3, -0.25) is 0 Å². The highest BCUT2D eigenvalue weighted by Crippen LogP contribution is 2.24. The molecule has 0 spiro atoms. The maximum atomic E-state index is 5.95. The molecule has 0 aliphatic rings. The highest BCUT2D eigenvalue weighted by molar-refractivity contribution is 9.10. The van der Waals surface area contributed by atoms with Crippen LogP contribution in [0.5, 0.6) is 5.75 Å². The summed E-state index contributed by atoms with van der Waals surface area (Å²) in [5.74, 6) is 0.785.